The van der Waals surface area contributed by atoms with Crippen LogP contribution in [-0.4, -0.2) is 26.7 Å². The minimum atomic E-state index is -0.0593. The third-order valence-corrected chi connectivity index (χ3v) is 3.88. The predicted octanol–water partition coefficient (Wildman–Crippen LogP) is 3.29. The Balaban J connectivity index is 1.84. The van der Waals surface area contributed by atoms with Crippen LogP contribution in [0.5, 0.6) is 0 Å². The van der Waals surface area contributed by atoms with Crippen molar-refractivity contribution in [2.45, 2.75) is 20.4 Å². The molecule has 3 aromatic rings. The molecular weight excluding hydrogens is 286 g/mol. The fourth-order valence-electron chi connectivity index (χ4n) is 2.24. The molecule has 0 spiro atoms. The van der Waals surface area contributed by atoms with Gasteiger partial charge in [-0.15, -0.1) is 11.3 Å². The summed E-state index contributed by atoms with van der Waals surface area (Å²) in [5.41, 5.74) is 0.481. The van der Waals surface area contributed by atoms with E-state index in [1.807, 2.05) is 28.1 Å². The van der Waals surface area contributed by atoms with E-state index in [1.54, 1.807) is 17.4 Å². The van der Waals surface area contributed by atoms with Gasteiger partial charge in [0.1, 0.15) is 11.5 Å². The van der Waals surface area contributed by atoms with E-state index >= 15 is 0 Å². The number of thiazole rings is 1. The van der Waals surface area contributed by atoms with Crippen LogP contribution in [0.1, 0.15) is 30.1 Å². The number of aromatic nitrogens is 2. The molecule has 0 fully saturated rings. The number of fused-ring (bicyclic) bond motifs is 1. The number of nitrogens with zero attached hydrogens (tertiary/aromatic N) is 3. The van der Waals surface area contributed by atoms with E-state index in [1.165, 1.54) is 11.3 Å². The van der Waals surface area contributed by atoms with Gasteiger partial charge < -0.3 is 9.32 Å². The lowest BCUT2D eigenvalue weighted by molar-refractivity contribution is 0.0705. The number of amides is 1. The Morgan fingerprint density at radius 1 is 1.52 bits per heavy atom. The van der Waals surface area contributed by atoms with Gasteiger partial charge >= 0.3 is 0 Å². The maximum absolute atomic E-state index is 12.7. The average Bonchev–Trinajstić information content (AvgIpc) is 3.12. The quantitative estimate of drug-likeness (QED) is 0.727. The second kappa shape index (κ2) is 5.73. The van der Waals surface area contributed by atoms with Gasteiger partial charge in [0.2, 0.25) is 0 Å². The maximum atomic E-state index is 12.7. The molecular formula is C15H17N3O2S. The zero-order chi connectivity index (χ0) is 14.8. The molecule has 0 radical (unpaired) electrons. The number of furan rings is 1. The van der Waals surface area contributed by atoms with E-state index in [0.29, 0.717) is 24.7 Å². The van der Waals surface area contributed by atoms with E-state index < -0.39 is 0 Å². The summed E-state index contributed by atoms with van der Waals surface area (Å²) in [6, 6.07) is 3.71. The molecule has 110 valence electrons. The Hall–Kier alpha value is -2.08. The standard InChI is InChI=1S/C15H17N3O2S/c1-11(2)8-18(9-12-4-3-6-20-12)14(19)13-10-17-5-7-21-15(17)16-13/h3-7,10-11H,8-9H2,1-2H3. The molecule has 0 saturated heterocycles. The van der Waals surface area contributed by atoms with Crippen molar-refractivity contribution in [2.75, 3.05) is 6.54 Å². The predicted molar refractivity (Wildman–Crippen MR) is 81.4 cm³/mol. The van der Waals surface area contributed by atoms with Crippen LogP contribution in [0, 0.1) is 5.92 Å². The largest absolute Gasteiger partial charge is 0.467 e. The van der Waals surface area contributed by atoms with E-state index in [2.05, 4.69) is 18.8 Å². The van der Waals surface area contributed by atoms with Crippen LogP contribution in [0.3, 0.4) is 0 Å². The van der Waals surface area contributed by atoms with Gasteiger partial charge in [0.25, 0.3) is 5.91 Å². The van der Waals surface area contributed by atoms with Crippen molar-refractivity contribution in [2.24, 2.45) is 5.92 Å². The van der Waals surface area contributed by atoms with Crippen LogP contribution in [0.4, 0.5) is 0 Å². The second-order valence-electron chi connectivity index (χ2n) is 5.38. The topological polar surface area (TPSA) is 50.8 Å². The number of hydrogen-bond donors (Lipinski definition) is 0. The van der Waals surface area contributed by atoms with Gasteiger partial charge in [0, 0.05) is 24.3 Å². The zero-order valence-corrected chi connectivity index (χ0v) is 12.8. The third kappa shape index (κ3) is 3.00. The molecule has 0 aromatic carbocycles. The minimum Gasteiger partial charge on any atom is -0.467 e. The van der Waals surface area contributed by atoms with Gasteiger partial charge in [0.05, 0.1) is 12.8 Å². The molecule has 0 saturated carbocycles. The molecule has 6 heteroatoms. The Bertz CT molecular complexity index is 699. The molecule has 0 atom stereocenters. The van der Waals surface area contributed by atoms with Crippen molar-refractivity contribution < 1.29 is 9.21 Å². The summed E-state index contributed by atoms with van der Waals surface area (Å²) in [6.45, 7) is 5.32. The summed E-state index contributed by atoms with van der Waals surface area (Å²) in [5.74, 6) is 1.11. The van der Waals surface area contributed by atoms with Crippen molar-refractivity contribution in [1.82, 2.24) is 14.3 Å². The highest BCUT2D eigenvalue weighted by Crippen LogP contribution is 2.16. The Morgan fingerprint density at radius 3 is 3.05 bits per heavy atom. The minimum absolute atomic E-state index is 0.0593. The van der Waals surface area contributed by atoms with Gasteiger partial charge in [-0.2, -0.15) is 0 Å². The molecule has 0 aliphatic rings. The summed E-state index contributed by atoms with van der Waals surface area (Å²) in [5, 5.41) is 1.95. The van der Waals surface area contributed by atoms with Crippen LogP contribution in [0.2, 0.25) is 0 Å². The SMILES string of the molecule is CC(C)CN(Cc1ccco1)C(=O)c1cn2ccsc2n1. The first-order valence-electron chi connectivity index (χ1n) is 6.87. The van der Waals surface area contributed by atoms with Crippen molar-refractivity contribution in [1.29, 1.82) is 0 Å². The van der Waals surface area contributed by atoms with Gasteiger partial charge in [-0.1, -0.05) is 13.8 Å². The Kier molecular flexibility index (Phi) is 3.79. The molecule has 0 N–H and O–H groups in total. The molecule has 3 aromatic heterocycles. The number of rotatable bonds is 5. The third-order valence-electron chi connectivity index (χ3n) is 3.11. The summed E-state index contributed by atoms with van der Waals surface area (Å²) in [4.78, 5) is 19.7. The highest BCUT2D eigenvalue weighted by atomic mass is 32.1. The van der Waals surface area contributed by atoms with E-state index in [9.17, 15) is 4.79 Å². The molecule has 3 heterocycles. The summed E-state index contributed by atoms with van der Waals surface area (Å²) in [7, 11) is 0. The van der Waals surface area contributed by atoms with Crippen molar-refractivity contribution in [3.8, 4) is 0 Å². The first kappa shape index (κ1) is 13.9. The van der Waals surface area contributed by atoms with Gasteiger partial charge in [-0.3, -0.25) is 9.20 Å². The molecule has 21 heavy (non-hydrogen) atoms. The second-order valence-corrected chi connectivity index (χ2v) is 6.25. The lowest BCUT2D eigenvalue weighted by Gasteiger charge is -2.22. The molecule has 0 aliphatic carbocycles. The van der Waals surface area contributed by atoms with Crippen molar-refractivity contribution in [3.63, 3.8) is 0 Å². The highest BCUT2D eigenvalue weighted by Gasteiger charge is 2.21. The smallest absolute Gasteiger partial charge is 0.274 e. The molecule has 1 amide bonds. The lowest BCUT2D eigenvalue weighted by atomic mass is 10.2. The van der Waals surface area contributed by atoms with Gasteiger partial charge in [-0.25, -0.2) is 4.98 Å². The van der Waals surface area contributed by atoms with Crippen molar-refractivity contribution in [3.05, 3.63) is 47.6 Å². The van der Waals surface area contributed by atoms with Crippen molar-refractivity contribution >= 4 is 22.2 Å². The van der Waals surface area contributed by atoms with Crippen LogP contribution >= 0.6 is 11.3 Å². The van der Waals surface area contributed by atoms with E-state index in [0.717, 1.165) is 10.7 Å². The van der Waals surface area contributed by atoms with Gasteiger partial charge in [-0.05, 0) is 18.1 Å². The average molecular weight is 303 g/mol. The zero-order valence-electron chi connectivity index (χ0n) is 12.0. The van der Waals surface area contributed by atoms with Crippen LogP contribution in [-0.2, 0) is 6.54 Å². The van der Waals surface area contributed by atoms with Crippen LogP contribution < -0.4 is 0 Å². The molecule has 0 bridgehead atoms. The molecule has 3 rings (SSSR count). The summed E-state index contributed by atoms with van der Waals surface area (Å²) < 4.78 is 7.23. The summed E-state index contributed by atoms with van der Waals surface area (Å²) >= 11 is 1.52. The number of carbonyl (C=O) groups excluding carboxylic acids is 1. The first-order chi connectivity index (χ1) is 10.1. The Morgan fingerprint density at radius 2 is 2.38 bits per heavy atom. The summed E-state index contributed by atoms with van der Waals surface area (Å²) in [6.07, 6.45) is 5.31. The van der Waals surface area contributed by atoms with E-state index in [4.69, 9.17) is 4.42 Å². The molecule has 0 aliphatic heterocycles. The lowest BCUT2D eigenvalue weighted by Crippen LogP contribution is -2.33. The van der Waals surface area contributed by atoms with Crippen LogP contribution in [0.15, 0.2) is 40.6 Å². The number of carbonyl (C=O) groups is 1. The first-order valence-corrected chi connectivity index (χ1v) is 7.75. The van der Waals surface area contributed by atoms with E-state index in [-0.39, 0.29) is 5.91 Å². The molecule has 5 nitrogen and oxygen atoms in total. The number of imidazole rings is 1. The van der Waals surface area contributed by atoms with Gasteiger partial charge in [0.15, 0.2) is 4.96 Å². The maximum Gasteiger partial charge on any atom is 0.274 e. The Labute approximate surface area is 126 Å². The fourth-order valence-corrected chi connectivity index (χ4v) is 2.94. The highest BCUT2D eigenvalue weighted by molar-refractivity contribution is 7.15. The fraction of sp³-hybridized carbons (Fsp3) is 0.333. The molecule has 0 unspecified atom stereocenters. The van der Waals surface area contributed by atoms with Crippen LogP contribution in [0.25, 0.3) is 4.96 Å². The monoisotopic (exact) mass is 303 g/mol. The normalized spacial score (nSPS) is 11.4. The number of hydrogen-bond acceptors (Lipinski definition) is 4.